The molecule has 2 aliphatic carbocycles. The van der Waals surface area contributed by atoms with Gasteiger partial charge in [-0.2, -0.15) is 0 Å². The largest absolute Gasteiger partial charge is 0.481 e. The van der Waals surface area contributed by atoms with Gasteiger partial charge < -0.3 is 20.1 Å². The van der Waals surface area contributed by atoms with E-state index >= 15 is 0 Å². The number of carbonyl (C=O) groups excluding carboxylic acids is 2. The second-order valence-corrected chi connectivity index (χ2v) is 9.58. The molecule has 2 aromatic carbocycles. The molecule has 0 heterocycles. The molecule has 2 aliphatic rings. The fourth-order valence-electron chi connectivity index (χ4n) is 5.40. The van der Waals surface area contributed by atoms with Gasteiger partial charge in [0.15, 0.2) is 0 Å². The highest BCUT2D eigenvalue weighted by Gasteiger charge is 2.37. The normalized spacial score (nSPS) is 16.4. The van der Waals surface area contributed by atoms with Crippen LogP contribution >= 0.6 is 0 Å². The molecule has 2 atom stereocenters. The van der Waals surface area contributed by atoms with Crippen LogP contribution in [0.5, 0.6) is 0 Å². The third-order valence-corrected chi connectivity index (χ3v) is 7.47. The van der Waals surface area contributed by atoms with Crippen LogP contribution in [-0.2, 0) is 14.3 Å². The molecule has 0 radical (unpaired) electrons. The number of fused-ring (bicyclic) bond motifs is 3. The molecule has 0 aliphatic heterocycles. The van der Waals surface area contributed by atoms with Crippen LogP contribution in [0.25, 0.3) is 11.1 Å². The van der Waals surface area contributed by atoms with Crippen LogP contribution in [0.4, 0.5) is 4.79 Å². The summed E-state index contributed by atoms with van der Waals surface area (Å²) in [6.45, 7) is 4.45. The van der Waals surface area contributed by atoms with Gasteiger partial charge >= 0.3 is 12.1 Å². The van der Waals surface area contributed by atoms with Crippen molar-refractivity contribution in [3.63, 3.8) is 0 Å². The average Bonchev–Trinajstić information content (AvgIpc) is 3.12. The van der Waals surface area contributed by atoms with E-state index < -0.39 is 18.1 Å². The molecule has 1 saturated carbocycles. The van der Waals surface area contributed by atoms with Crippen LogP contribution in [0.2, 0.25) is 0 Å². The van der Waals surface area contributed by atoms with E-state index in [1.54, 1.807) is 11.8 Å². The number of carbonyl (C=O) groups is 3. The number of nitrogens with one attached hydrogen (secondary N) is 1. The topological polar surface area (TPSA) is 95.9 Å². The summed E-state index contributed by atoms with van der Waals surface area (Å²) in [5.74, 6) is -1.22. The van der Waals surface area contributed by atoms with Crippen LogP contribution < -0.4 is 5.32 Å². The van der Waals surface area contributed by atoms with Crippen molar-refractivity contribution in [1.82, 2.24) is 10.2 Å². The lowest BCUT2D eigenvalue weighted by molar-refractivity contribution is -0.143. The Morgan fingerprint density at radius 3 is 2.17 bits per heavy atom. The standard InChI is InChI=1S/C28H34N2O5/c1-3-30(18(2)15-26(31)32)27(33)24(19-9-8-10-19)16-29-28(34)35-17-25-22-13-6-4-11-20(22)21-12-5-7-14-23(21)25/h4-7,11-14,18-19,24-25H,3,8-10,15-17H2,1-2H3,(H,29,34)(H,31,32). The molecule has 2 aromatic rings. The Hall–Kier alpha value is -3.35. The Kier molecular flexibility index (Phi) is 7.73. The molecule has 4 rings (SSSR count). The van der Waals surface area contributed by atoms with E-state index in [1.165, 1.54) is 11.1 Å². The summed E-state index contributed by atoms with van der Waals surface area (Å²) in [4.78, 5) is 38.8. The summed E-state index contributed by atoms with van der Waals surface area (Å²) in [5, 5.41) is 12.0. The molecule has 0 saturated heterocycles. The molecule has 0 spiro atoms. The van der Waals surface area contributed by atoms with E-state index in [-0.39, 0.29) is 43.2 Å². The summed E-state index contributed by atoms with van der Waals surface area (Å²) < 4.78 is 5.64. The van der Waals surface area contributed by atoms with Crippen LogP contribution in [0.15, 0.2) is 48.5 Å². The minimum absolute atomic E-state index is 0.0235. The number of amides is 2. The maximum Gasteiger partial charge on any atom is 0.407 e. The zero-order chi connectivity index (χ0) is 24.9. The van der Waals surface area contributed by atoms with Gasteiger partial charge in [-0.15, -0.1) is 0 Å². The Morgan fingerprint density at radius 2 is 1.66 bits per heavy atom. The van der Waals surface area contributed by atoms with Crippen molar-refractivity contribution in [3.8, 4) is 11.1 Å². The Morgan fingerprint density at radius 1 is 1.06 bits per heavy atom. The number of nitrogens with zero attached hydrogens (tertiary/aromatic N) is 1. The number of benzene rings is 2. The zero-order valence-electron chi connectivity index (χ0n) is 20.4. The van der Waals surface area contributed by atoms with Crippen molar-refractivity contribution < 1.29 is 24.2 Å². The second-order valence-electron chi connectivity index (χ2n) is 9.58. The van der Waals surface area contributed by atoms with Crippen molar-refractivity contribution in [2.45, 2.75) is 51.5 Å². The number of hydrogen-bond acceptors (Lipinski definition) is 4. The van der Waals surface area contributed by atoms with Crippen molar-refractivity contribution >= 4 is 18.0 Å². The number of carboxylic acid groups (broad SMARTS) is 1. The summed E-state index contributed by atoms with van der Waals surface area (Å²) >= 11 is 0. The van der Waals surface area contributed by atoms with Crippen molar-refractivity contribution in [1.29, 1.82) is 0 Å². The van der Waals surface area contributed by atoms with E-state index in [0.717, 1.165) is 30.4 Å². The molecule has 2 N–H and O–H groups in total. The van der Waals surface area contributed by atoms with E-state index in [9.17, 15) is 14.4 Å². The summed E-state index contributed by atoms with van der Waals surface area (Å²) in [5.41, 5.74) is 4.64. The molecular formula is C28H34N2O5. The van der Waals surface area contributed by atoms with Gasteiger partial charge in [0.1, 0.15) is 6.61 Å². The molecule has 1 fully saturated rings. The lowest BCUT2D eigenvalue weighted by atomic mass is 9.75. The predicted molar refractivity (Wildman–Crippen MR) is 133 cm³/mol. The number of ether oxygens (including phenoxy) is 1. The van der Waals surface area contributed by atoms with Crippen molar-refractivity contribution in [2.75, 3.05) is 19.7 Å². The number of hydrogen-bond donors (Lipinski definition) is 2. The van der Waals surface area contributed by atoms with Gasteiger partial charge in [0.05, 0.1) is 12.3 Å². The molecule has 0 aromatic heterocycles. The van der Waals surface area contributed by atoms with Crippen LogP contribution in [0, 0.1) is 11.8 Å². The quantitative estimate of drug-likeness (QED) is 0.518. The van der Waals surface area contributed by atoms with E-state index in [4.69, 9.17) is 9.84 Å². The van der Waals surface area contributed by atoms with Crippen molar-refractivity contribution in [2.24, 2.45) is 11.8 Å². The molecule has 186 valence electrons. The fraction of sp³-hybridized carbons (Fsp3) is 0.464. The Labute approximate surface area is 206 Å². The van der Waals surface area contributed by atoms with Gasteiger partial charge in [-0.3, -0.25) is 9.59 Å². The second kappa shape index (κ2) is 10.9. The number of aliphatic carboxylic acids is 1. The molecule has 2 amide bonds. The lowest BCUT2D eigenvalue weighted by Gasteiger charge is -2.37. The van der Waals surface area contributed by atoms with E-state index in [1.807, 2.05) is 31.2 Å². The average molecular weight is 479 g/mol. The molecule has 0 bridgehead atoms. The number of alkyl carbamates (subject to hydrolysis) is 1. The summed E-state index contributed by atoms with van der Waals surface area (Å²) in [7, 11) is 0. The molecule has 2 unspecified atom stereocenters. The predicted octanol–water partition coefficient (Wildman–Crippen LogP) is 4.65. The van der Waals surface area contributed by atoms with Crippen LogP contribution in [-0.4, -0.2) is 53.7 Å². The smallest absolute Gasteiger partial charge is 0.407 e. The van der Waals surface area contributed by atoms with Gasteiger partial charge in [-0.05, 0) is 54.9 Å². The van der Waals surface area contributed by atoms with Crippen LogP contribution in [0.3, 0.4) is 0 Å². The first-order valence-corrected chi connectivity index (χ1v) is 12.5. The molecule has 7 heteroatoms. The SMILES string of the molecule is CCN(C(=O)C(CNC(=O)OCC1c2ccccc2-c2ccccc21)C1CCC1)C(C)CC(=O)O. The van der Waals surface area contributed by atoms with E-state index in [0.29, 0.717) is 6.54 Å². The third-order valence-electron chi connectivity index (χ3n) is 7.47. The minimum Gasteiger partial charge on any atom is -0.481 e. The third kappa shape index (κ3) is 5.34. The maximum absolute atomic E-state index is 13.3. The number of rotatable bonds is 10. The van der Waals surface area contributed by atoms with Gasteiger partial charge in [0.2, 0.25) is 5.91 Å². The number of carboxylic acids is 1. The van der Waals surface area contributed by atoms with Crippen LogP contribution in [0.1, 0.15) is 56.6 Å². The van der Waals surface area contributed by atoms with Gasteiger partial charge in [-0.1, -0.05) is 55.0 Å². The Bertz CT molecular complexity index is 1040. The highest BCUT2D eigenvalue weighted by Crippen LogP contribution is 2.44. The monoisotopic (exact) mass is 478 g/mol. The molecule has 35 heavy (non-hydrogen) atoms. The Balaban J connectivity index is 1.38. The fourth-order valence-corrected chi connectivity index (χ4v) is 5.40. The van der Waals surface area contributed by atoms with E-state index in [2.05, 4.69) is 29.6 Å². The molecular weight excluding hydrogens is 444 g/mol. The van der Waals surface area contributed by atoms with Gasteiger partial charge in [0.25, 0.3) is 0 Å². The highest BCUT2D eigenvalue weighted by atomic mass is 16.5. The van der Waals surface area contributed by atoms with Crippen molar-refractivity contribution in [3.05, 3.63) is 59.7 Å². The highest BCUT2D eigenvalue weighted by molar-refractivity contribution is 5.81. The summed E-state index contributed by atoms with van der Waals surface area (Å²) in [6.07, 6.45) is 2.31. The van der Waals surface area contributed by atoms with Gasteiger partial charge in [-0.25, -0.2) is 4.79 Å². The maximum atomic E-state index is 13.3. The van der Waals surface area contributed by atoms with Gasteiger partial charge in [0, 0.05) is 25.0 Å². The first-order valence-electron chi connectivity index (χ1n) is 12.5. The zero-order valence-corrected chi connectivity index (χ0v) is 20.4. The minimum atomic E-state index is -0.930. The first kappa shape index (κ1) is 24.8. The lowest BCUT2D eigenvalue weighted by Crippen LogP contribution is -2.49. The first-order chi connectivity index (χ1) is 16.9. The molecule has 7 nitrogen and oxygen atoms in total. The summed E-state index contributed by atoms with van der Waals surface area (Å²) in [6, 6.07) is 16.0.